The zero-order chi connectivity index (χ0) is 28.3. The van der Waals surface area contributed by atoms with Crippen LogP contribution in [0.3, 0.4) is 0 Å². The van der Waals surface area contributed by atoms with Crippen molar-refractivity contribution in [3.05, 3.63) is 127 Å². The molecule has 0 saturated carbocycles. The number of anilines is 1. The van der Waals surface area contributed by atoms with Crippen LogP contribution in [0.2, 0.25) is 0 Å². The van der Waals surface area contributed by atoms with Crippen molar-refractivity contribution >= 4 is 31.5 Å². The van der Waals surface area contributed by atoms with Gasteiger partial charge in [0.2, 0.25) is 6.10 Å². The number of aromatic nitrogens is 2. The van der Waals surface area contributed by atoms with Gasteiger partial charge in [-0.25, -0.2) is 4.98 Å². The fourth-order valence-corrected chi connectivity index (χ4v) is 5.40. The van der Waals surface area contributed by atoms with E-state index in [1.807, 2.05) is 70.1 Å². The van der Waals surface area contributed by atoms with Crippen LogP contribution in [0.15, 0.2) is 110 Å². The maximum absolute atomic E-state index is 13.8. The second-order valence-corrected chi connectivity index (χ2v) is 10.6. The molecule has 1 saturated heterocycles. The zero-order valence-corrected chi connectivity index (χ0v) is 23.9. The first-order valence-electron chi connectivity index (χ1n) is 13.6. The van der Waals surface area contributed by atoms with Crippen molar-refractivity contribution in [3.8, 4) is 11.5 Å². The monoisotopic (exact) mass is 566 g/mol. The molecule has 0 spiro atoms. The quantitative estimate of drug-likeness (QED) is 0.216. The van der Waals surface area contributed by atoms with E-state index in [2.05, 4.69) is 46.1 Å². The third kappa shape index (κ3) is 5.91. The Kier molecular flexibility index (Phi) is 7.62. The van der Waals surface area contributed by atoms with Crippen molar-refractivity contribution in [1.82, 2.24) is 14.9 Å². The SMILES string of the molecule is C=C1C=CC(c2ccc3nc(COc4cccc(N5CCCC5=C)c4)n(Cc4ccccc4OC(F)P)c3c2)=CN1. The van der Waals surface area contributed by atoms with Crippen LogP contribution < -0.4 is 19.7 Å². The first-order chi connectivity index (χ1) is 19.9. The fourth-order valence-electron chi connectivity index (χ4n) is 5.25. The van der Waals surface area contributed by atoms with Crippen LogP contribution in [0.5, 0.6) is 11.5 Å². The molecule has 4 aromatic rings. The van der Waals surface area contributed by atoms with Crippen molar-refractivity contribution in [2.45, 2.75) is 32.1 Å². The molecule has 1 fully saturated rings. The highest BCUT2D eigenvalue weighted by molar-refractivity contribution is 7.16. The molecule has 2 aliphatic rings. The van der Waals surface area contributed by atoms with Gasteiger partial charge in [-0.1, -0.05) is 58.8 Å². The molecule has 41 heavy (non-hydrogen) atoms. The van der Waals surface area contributed by atoms with Crippen molar-refractivity contribution in [3.63, 3.8) is 0 Å². The fraction of sp³-hybridized carbons (Fsp3) is 0.182. The summed E-state index contributed by atoms with van der Waals surface area (Å²) >= 11 is 0. The van der Waals surface area contributed by atoms with E-state index in [0.717, 1.165) is 75.8 Å². The Hall–Kier alpha value is -4.35. The smallest absolute Gasteiger partial charge is 0.249 e. The van der Waals surface area contributed by atoms with Gasteiger partial charge in [-0.05, 0) is 60.4 Å². The average molecular weight is 567 g/mol. The number of allylic oxidation sites excluding steroid dienone is 4. The number of ether oxygens (including phenoxy) is 2. The van der Waals surface area contributed by atoms with Gasteiger partial charge in [0.15, 0.2) is 0 Å². The standard InChI is InChI=1S/C33H32FN4O2P/c1-22-12-13-25(19-35-22)24-14-15-29-30(17-24)38(20-26-8-3-4-11-31(26)40-33(34)41)32(36-29)21-39-28-10-5-9-27(18-28)37-16-6-7-23(37)2/h3-5,8-15,17-19,33,35H,1-2,6-7,16,20-21,41H2. The molecule has 0 radical (unpaired) electrons. The molecule has 0 amide bonds. The van der Waals surface area contributed by atoms with E-state index in [1.54, 1.807) is 6.07 Å². The molecule has 2 atom stereocenters. The molecule has 6 nitrogen and oxygen atoms in total. The molecule has 8 heteroatoms. The lowest BCUT2D eigenvalue weighted by atomic mass is 10.0. The number of nitrogens with one attached hydrogen (secondary N) is 1. The Morgan fingerprint density at radius 3 is 2.71 bits per heavy atom. The molecule has 3 heterocycles. The summed E-state index contributed by atoms with van der Waals surface area (Å²) in [4.78, 5) is 7.19. The second kappa shape index (κ2) is 11.6. The van der Waals surface area contributed by atoms with E-state index in [-0.39, 0.29) is 6.61 Å². The predicted octanol–water partition coefficient (Wildman–Crippen LogP) is 7.30. The topological polar surface area (TPSA) is 51.5 Å². The highest BCUT2D eigenvalue weighted by Gasteiger charge is 2.19. The number of imidazole rings is 1. The Morgan fingerprint density at radius 2 is 1.93 bits per heavy atom. The normalized spacial score (nSPS) is 15.7. The molecule has 3 aromatic carbocycles. The summed E-state index contributed by atoms with van der Waals surface area (Å²) in [5.41, 5.74) is 7.76. The van der Waals surface area contributed by atoms with E-state index in [1.165, 1.54) is 0 Å². The Bertz CT molecular complexity index is 1690. The number of fused-ring (bicyclic) bond motifs is 1. The van der Waals surface area contributed by atoms with Crippen LogP contribution in [0.25, 0.3) is 16.6 Å². The van der Waals surface area contributed by atoms with Gasteiger partial charge in [0.25, 0.3) is 0 Å². The molecule has 208 valence electrons. The molecule has 1 aromatic heterocycles. The molecule has 2 unspecified atom stereocenters. The lowest BCUT2D eigenvalue weighted by Gasteiger charge is -2.20. The van der Waals surface area contributed by atoms with Gasteiger partial charge >= 0.3 is 0 Å². The Labute approximate surface area is 241 Å². The van der Waals surface area contributed by atoms with Crippen LogP contribution in [0, 0.1) is 0 Å². The summed E-state index contributed by atoms with van der Waals surface area (Å²) in [6.07, 6.45) is 6.55. The number of nitrogens with zero attached hydrogens (tertiary/aromatic N) is 3. The lowest BCUT2D eigenvalue weighted by Crippen LogP contribution is -2.15. The summed E-state index contributed by atoms with van der Waals surface area (Å²) < 4.78 is 27.7. The highest BCUT2D eigenvalue weighted by Crippen LogP contribution is 2.31. The summed E-state index contributed by atoms with van der Waals surface area (Å²) in [6, 6.07) is 21.8. The number of dihydropyridines is 1. The minimum absolute atomic E-state index is 0.261. The Balaban J connectivity index is 1.35. The molecule has 6 rings (SSSR count). The number of benzene rings is 3. The maximum Gasteiger partial charge on any atom is 0.249 e. The minimum Gasteiger partial charge on any atom is -0.486 e. The number of halogens is 1. The summed E-state index contributed by atoms with van der Waals surface area (Å²) in [5, 5.41) is 3.18. The van der Waals surface area contributed by atoms with Crippen LogP contribution >= 0.6 is 9.24 Å². The third-order valence-electron chi connectivity index (χ3n) is 7.30. The number of rotatable bonds is 9. The van der Waals surface area contributed by atoms with Gasteiger partial charge in [-0.15, -0.1) is 0 Å². The number of hydrogen-bond donors (Lipinski definition) is 1. The van der Waals surface area contributed by atoms with E-state index in [4.69, 9.17) is 14.5 Å². The van der Waals surface area contributed by atoms with E-state index in [0.29, 0.717) is 12.3 Å². The number of alkyl halides is 1. The molecular weight excluding hydrogens is 534 g/mol. The van der Waals surface area contributed by atoms with Gasteiger partial charge in [-0.3, -0.25) is 0 Å². The summed E-state index contributed by atoms with van der Waals surface area (Å²) in [7, 11) is 2.04. The Morgan fingerprint density at radius 1 is 1.05 bits per heavy atom. The van der Waals surface area contributed by atoms with Gasteiger partial charge in [0, 0.05) is 41.5 Å². The second-order valence-electron chi connectivity index (χ2n) is 10.1. The van der Waals surface area contributed by atoms with E-state index in [9.17, 15) is 4.39 Å². The van der Waals surface area contributed by atoms with Crippen molar-refractivity contribution in [2.75, 3.05) is 11.4 Å². The number of hydrogen-bond acceptors (Lipinski definition) is 5. The average Bonchev–Trinajstić information content (AvgIpc) is 3.56. The highest BCUT2D eigenvalue weighted by atomic mass is 31.0. The van der Waals surface area contributed by atoms with Gasteiger partial charge in [-0.2, -0.15) is 4.39 Å². The van der Waals surface area contributed by atoms with Crippen LogP contribution in [-0.2, 0) is 13.2 Å². The third-order valence-corrected chi connectivity index (χ3v) is 7.44. The first kappa shape index (κ1) is 26.9. The van der Waals surface area contributed by atoms with Crippen LogP contribution in [-0.4, -0.2) is 22.2 Å². The van der Waals surface area contributed by atoms with Crippen molar-refractivity contribution in [1.29, 1.82) is 0 Å². The van der Waals surface area contributed by atoms with Gasteiger partial charge < -0.3 is 24.3 Å². The van der Waals surface area contributed by atoms with Crippen molar-refractivity contribution in [2.24, 2.45) is 0 Å². The predicted molar refractivity (Wildman–Crippen MR) is 166 cm³/mol. The van der Waals surface area contributed by atoms with Crippen LogP contribution in [0.4, 0.5) is 10.1 Å². The molecular formula is C33H32FN4O2P. The maximum atomic E-state index is 13.8. The molecule has 0 aliphatic carbocycles. The summed E-state index contributed by atoms with van der Waals surface area (Å²) in [6.45, 7) is 9.81. The zero-order valence-electron chi connectivity index (χ0n) is 22.7. The van der Waals surface area contributed by atoms with Gasteiger partial charge in [0.05, 0.1) is 17.6 Å². The lowest BCUT2D eigenvalue weighted by molar-refractivity contribution is 0.151. The van der Waals surface area contributed by atoms with Gasteiger partial charge in [0.1, 0.15) is 23.9 Å². The molecule has 1 N–H and O–H groups in total. The minimum atomic E-state index is -1.50. The summed E-state index contributed by atoms with van der Waals surface area (Å²) in [5.74, 6) is 2.00. The first-order valence-corrected chi connectivity index (χ1v) is 14.3. The van der Waals surface area contributed by atoms with E-state index >= 15 is 0 Å². The largest absolute Gasteiger partial charge is 0.486 e. The number of para-hydroxylation sites is 1. The molecule has 2 aliphatic heterocycles. The molecule has 0 bridgehead atoms. The van der Waals surface area contributed by atoms with Crippen LogP contribution in [0.1, 0.15) is 29.8 Å². The van der Waals surface area contributed by atoms with Crippen molar-refractivity contribution < 1.29 is 13.9 Å². The van der Waals surface area contributed by atoms with E-state index < -0.39 is 6.10 Å².